The molecule has 334 valence electrons. The molecule has 3 aromatic carbocycles. The van der Waals surface area contributed by atoms with Crippen LogP contribution in [-0.4, -0.2) is 82.7 Å². The van der Waals surface area contributed by atoms with Gasteiger partial charge in [0.1, 0.15) is 47.9 Å². The second kappa shape index (κ2) is 18.7. The van der Waals surface area contributed by atoms with E-state index in [4.69, 9.17) is 37.3 Å². The molecular formula is C44H49N4O14P. The summed E-state index contributed by atoms with van der Waals surface area (Å²) in [4.78, 5) is 54.7. The fourth-order valence-electron chi connectivity index (χ4n) is 8.47. The van der Waals surface area contributed by atoms with Gasteiger partial charge >= 0.3 is 19.2 Å². The number of ether oxygens (including phenoxy) is 5. The molecule has 63 heavy (non-hydrogen) atoms. The Balaban J connectivity index is 1.14. The minimum Gasteiger partial charge on any atom is -0.497 e. The number of methoxy groups -OCH3 is 2. The Morgan fingerprint density at radius 1 is 0.794 bits per heavy atom. The number of aromatic amines is 2. The molecule has 0 saturated carbocycles. The van der Waals surface area contributed by atoms with E-state index in [1.54, 1.807) is 14.2 Å². The van der Waals surface area contributed by atoms with Crippen LogP contribution < -0.4 is 32.0 Å². The van der Waals surface area contributed by atoms with Gasteiger partial charge in [0.05, 0.1) is 40.1 Å². The van der Waals surface area contributed by atoms with E-state index in [-0.39, 0.29) is 25.2 Å². The number of phosphoric ester groups is 1. The highest BCUT2D eigenvalue weighted by Gasteiger charge is 2.52. The van der Waals surface area contributed by atoms with Crippen molar-refractivity contribution in [3.8, 4) is 11.5 Å². The van der Waals surface area contributed by atoms with Crippen LogP contribution in [0.4, 0.5) is 0 Å². The van der Waals surface area contributed by atoms with Crippen molar-refractivity contribution in [2.75, 3.05) is 34.0 Å². The van der Waals surface area contributed by atoms with Gasteiger partial charge in [0.25, 0.3) is 11.1 Å². The number of aliphatic hydroxyl groups excluding tert-OH is 1. The van der Waals surface area contributed by atoms with E-state index >= 15 is 0 Å². The number of nitrogens with one attached hydrogen (secondary N) is 2. The van der Waals surface area contributed by atoms with Gasteiger partial charge in [0, 0.05) is 36.4 Å². The third-order valence-electron chi connectivity index (χ3n) is 11.7. The molecule has 0 bridgehead atoms. The van der Waals surface area contributed by atoms with Gasteiger partial charge in [-0.1, -0.05) is 61.0 Å². The Hall–Kier alpha value is -5.43. The number of nitrogens with zero attached hydrogens (tertiary/aromatic N) is 2. The van der Waals surface area contributed by atoms with Gasteiger partial charge in [0.15, 0.2) is 0 Å². The Labute approximate surface area is 360 Å². The lowest BCUT2D eigenvalue weighted by molar-refractivity contribution is -0.0966. The number of benzene rings is 3. The zero-order chi connectivity index (χ0) is 44.3. The van der Waals surface area contributed by atoms with Gasteiger partial charge in [-0.05, 0) is 60.7 Å². The smallest absolute Gasteiger partial charge is 0.475 e. The predicted molar refractivity (Wildman–Crippen MR) is 226 cm³/mol. The second-order valence-corrected chi connectivity index (χ2v) is 17.2. The van der Waals surface area contributed by atoms with E-state index in [1.807, 2.05) is 78.9 Å². The standard InChI is InChI=1S/C44H49N4O14P/c1-27-24-48(43(53)46-40(27)51)38-23-34(49)35(60-38)26-59-63(54)58-22-8-7-11-33-39(62-63)36(61-41(33)47-21-20-37(50)45-42(47)52)25-57-44(28-9-5-4-6-10-28,29-12-16-31(55-2)17-13-29)30-14-18-32(56-3)19-15-30/h4-6,9-10,12-21,24,33-36,38-39,41,49H,7-8,11,22-23,25-26H2,1-3H3,(H,45,50,52)(H,46,51,53)/t33-,34+,35-,36-,38-,39+,41-,63-/m1/s1. The lowest BCUT2D eigenvalue weighted by atomic mass is 9.80. The molecule has 0 radical (unpaired) electrons. The number of hydrogen-bond donors (Lipinski definition) is 3. The molecule has 5 heterocycles. The first-order valence-corrected chi connectivity index (χ1v) is 22.1. The van der Waals surface area contributed by atoms with Gasteiger partial charge in [0.2, 0.25) is 0 Å². The topological polar surface area (TPSA) is 221 Å². The molecule has 5 aromatic rings. The second-order valence-electron chi connectivity index (χ2n) is 15.6. The summed E-state index contributed by atoms with van der Waals surface area (Å²) in [5.74, 6) is 0.627. The van der Waals surface area contributed by atoms with Crippen LogP contribution in [-0.2, 0) is 37.9 Å². The SMILES string of the molecule is COc1ccc(C(OC[C@H]2O[C@@H](n3ccc(=O)[nH]c3=O)[C@@H]3CCCCO[P@](=O)(OC[C@H]4O[C@@H](n5cc(C)c(=O)[nH]c5=O)C[C@@H]4O)O[C@@H]32)(c2ccccc2)c2ccc(OC)cc2)cc1. The molecule has 3 aliphatic heterocycles. The van der Waals surface area contributed by atoms with Gasteiger partial charge in [-0.25, -0.2) is 14.2 Å². The highest BCUT2D eigenvalue weighted by Crippen LogP contribution is 2.56. The Morgan fingerprint density at radius 3 is 2.10 bits per heavy atom. The molecule has 19 heteroatoms. The Bertz CT molecular complexity index is 2600. The van der Waals surface area contributed by atoms with Crippen LogP contribution in [0.3, 0.4) is 0 Å². The molecule has 0 aliphatic carbocycles. The molecule has 3 aliphatic rings. The number of fused-ring (bicyclic) bond motifs is 1. The summed E-state index contributed by atoms with van der Waals surface area (Å²) in [7, 11) is -1.36. The molecule has 8 rings (SSSR count). The van der Waals surface area contributed by atoms with Crippen molar-refractivity contribution in [3.63, 3.8) is 0 Å². The number of rotatable bonds is 13. The molecule has 0 unspecified atom stereocenters. The zero-order valence-corrected chi connectivity index (χ0v) is 35.7. The zero-order valence-electron chi connectivity index (χ0n) is 34.8. The van der Waals surface area contributed by atoms with Crippen LogP contribution in [0, 0.1) is 12.8 Å². The Morgan fingerprint density at radius 2 is 1.44 bits per heavy atom. The molecule has 3 saturated heterocycles. The van der Waals surface area contributed by atoms with Gasteiger partial charge in [-0.3, -0.25) is 42.3 Å². The maximum absolute atomic E-state index is 14.8. The number of H-pyrrole nitrogens is 2. The van der Waals surface area contributed by atoms with Gasteiger partial charge in [-0.15, -0.1) is 0 Å². The number of aryl methyl sites for hydroxylation is 1. The third-order valence-corrected chi connectivity index (χ3v) is 13.2. The summed E-state index contributed by atoms with van der Waals surface area (Å²) in [6.07, 6.45) is -2.18. The van der Waals surface area contributed by atoms with Gasteiger partial charge < -0.3 is 28.8 Å². The first-order chi connectivity index (χ1) is 30.4. The van der Waals surface area contributed by atoms with E-state index in [9.17, 15) is 28.8 Å². The van der Waals surface area contributed by atoms with Crippen molar-refractivity contribution in [2.45, 2.75) is 75.1 Å². The van der Waals surface area contributed by atoms with Crippen LogP contribution in [0.25, 0.3) is 0 Å². The number of hydrogen-bond acceptors (Lipinski definition) is 14. The molecule has 2 aromatic heterocycles. The van der Waals surface area contributed by atoms with Crippen molar-refractivity contribution in [3.05, 3.63) is 161 Å². The monoisotopic (exact) mass is 888 g/mol. The quantitative estimate of drug-likeness (QED) is 0.111. The summed E-state index contributed by atoms with van der Waals surface area (Å²) in [6, 6.07) is 25.8. The first kappa shape index (κ1) is 44.2. The van der Waals surface area contributed by atoms with Crippen molar-refractivity contribution >= 4 is 7.82 Å². The van der Waals surface area contributed by atoms with E-state index in [1.165, 1.54) is 34.5 Å². The minimum atomic E-state index is -4.52. The van der Waals surface area contributed by atoms with Crippen LogP contribution in [0.15, 0.2) is 117 Å². The number of aromatic nitrogens is 4. The van der Waals surface area contributed by atoms with Crippen molar-refractivity contribution < 1.29 is 46.9 Å². The van der Waals surface area contributed by atoms with Crippen LogP contribution in [0.2, 0.25) is 0 Å². The summed E-state index contributed by atoms with van der Waals surface area (Å²) in [5.41, 5.74) is -1.33. The fraction of sp³-hybridized carbons (Fsp3) is 0.409. The van der Waals surface area contributed by atoms with Crippen molar-refractivity contribution in [1.29, 1.82) is 0 Å². The predicted octanol–water partition coefficient (Wildman–Crippen LogP) is 4.29. The van der Waals surface area contributed by atoms with Crippen LogP contribution in [0.1, 0.15) is 60.4 Å². The van der Waals surface area contributed by atoms with E-state index in [0.717, 1.165) is 16.7 Å². The molecular weight excluding hydrogens is 839 g/mol. The van der Waals surface area contributed by atoms with Crippen molar-refractivity contribution in [1.82, 2.24) is 19.1 Å². The van der Waals surface area contributed by atoms with Crippen LogP contribution in [0.5, 0.6) is 11.5 Å². The summed E-state index contributed by atoms with van der Waals surface area (Å²) in [6.45, 7) is 0.883. The normalized spacial score (nSPS) is 26.3. The lowest BCUT2D eigenvalue weighted by Gasteiger charge is -2.37. The molecule has 3 N–H and O–H groups in total. The largest absolute Gasteiger partial charge is 0.497 e. The summed E-state index contributed by atoms with van der Waals surface area (Å²) < 4.78 is 66.5. The van der Waals surface area contributed by atoms with E-state index < -0.39 is 85.3 Å². The average Bonchev–Trinajstić information content (AvgIpc) is 3.84. The van der Waals surface area contributed by atoms with E-state index in [0.29, 0.717) is 30.8 Å². The third kappa shape index (κ3) is 9.17. The first-order valence-electron chi connectivity index (χ1n) is 20.6. The lowest BCUT2D eigenvalue weighted by Crippen LogP contribution is -2.39. The molecule has 3 fully saturated rings. The number of phosphoric acid groups is 1. The summed E-state index contributed by atoms with van der Waals surface area (Å²) in [5, 5.41) is 11.0. The summed E-state index contributed by atoms with van der Waals surface area (Å²) >= 11 is 0. The Kier molecular flexibility index (Phi) is 13.1. The highest BCUT2D eigenvalue weighted by molar-refractivity contribution is 7.48. The maximum atomic E-state index is 14.8. The number of aliphatic hydroxyl groups is 1. The van der Waals surface area contributed by atoms with Crippen molar-refractivity contribution in [2.24, 2.45) is 5.92 Å². The van der Waals surface area contributed by atoms with Crippen LogP contribution >= 0.6 is 7.82 Å². The highest BCUT2D eigenvalue weighted by atomic mass is 31.2. The fourth-order valence-corrected chi connectivity index (χ4v) is 9.94. The average molecular weight is 889 g/mol. The van der Waals surface area contributed by atoms with E-state index in [2.05, 4.69) is 9.97 Å². The molecule has 0 amide bonds. The minimum absolute atomic E-state index is 0.00315. The molecule has 8 atom stereocenters. The maximum Gasteiger partial charge on any atom is 0.475 e. The molecule has 0 spiro atoms. The molecule has 18 nitrogen and oxygen atoms in total. The van der Waals surface area contributed by atoms with Gasteiger partial charge in [-0.2, -0.15) is 0 Å².